The predicted molar refractivity (Wildman–Crippen MR) is 62.7 cm³/mol. The Kier molecular flexibility index (Phi) is 6.53. The fraction of sp³-hybridized carbons (Fsp3) is 0.462. The van der Waals surface area contributed by atoms with Crippen molar-refractivity contribution in [2.45, 2.75) is 20.8 Å². The molecule has 0 N–H and O–H groups in total. The molecule has 1 rings (SSSR count). The molecule has 0 aliphatic heterocycles. The van der Waals surface area contributed by atoms with Crippen molar-refractivity contribution in [2.75, 3.05) is 19.6 Å². The number of benzene rings is 1. The molecule has 0 bridgehead atoms. The molecule has 0 saturated carbocycles. The number of carbonyl (C=O) groups is 1. The van der Waals surface area contributed by atoms with Crippen LogP contribution in [0.3, 0.4) is 0 Å². The number of amides is 1. The van der Waals surface area contributed by atoms with Crippen LogP contribution in [0.15, 0.2) is 30.3 Å². The smallest absolute Gasteiger partial charge is 0.345 e. The van der Waals surface area contributed by atoms with Crippen molar-refractivity contribution in [3.63, 3.8) is 0 Å². The highest BCUT2D eigenvalue weighted by Crippen LogP contribution is 2.13. The summed E-state index contributed by atoms with van der Waals surface area (Å²) in [5, 5.41) is 0. The summed E-state index contributed by atoms with van der Waals surface area (Å²) in [5.74, 6) is 0.239. The summed E-state index contributed by atoms with van der Waals surface area (Å²) >= 11 is 0. The van der Waals surface area contributed by atoms with Crippen LogP contribution in [0.25, 0.3) is 0 Å². The lowest BCUT2D eigenvalue weighted by atomic mass is 10.1. The molecule has 0 aromatic heterocycles. The van der Waals surface area contributed by atoms with Crippen LogP contribution in [0.4, 0.5) is 0 Å². The molecule has 1 amide bonds. The lowest BCUT2D eigenvalue weighted by Gasteiger charge is -2.32. The van der Waals surface area contributed by atoms with Crippen LogP contribution < -0.4 is 17.0 Å². The van der Waals surface area contributed by atoms with Crippen LogP contribution in [0, 0.1) is 0 Å². The molecule has 1 aromatic carbocycles. The zero-order chi connectivity index (χ0) is 11.3. The third-order valence-electron chi connectivity index (χ3n) is 3.27. The Morgan fingerprint density at radius 2 is 1.44 bits per heavy atom. The Labute approximate surface area is 109 Å². The van der Waals surface area contributed by atoms with Gasteiger partial charge in [-0.25, -0.2) is 4.79 Å². The van der Waals surface area contributed by atoms with Gasteiger partial charge in [0.25, 0.3) is 0 Å². The van der Waals surface area contributed by atoms with E-state index in [9.17, 15) is 4.79 Å². The van der Waals surface area contributed by atoms with E-state index in [0.717, 1.165) is 25.2 Å². The molecule has 0 atom stereocenters. The Morgan fingerprint density at radius 1 is 1.00 bits per heavy atom. The first-order valence-electron chi connectivity index (χ1n) is 5.66. The van der Waals surface area contributed by atoms with Gasteiger partial charge in [-0.3, -0.25) is 4.48 Å². The van der Waals surface area contributed by atoms with Crippen molar-refractivity contribution in [3.05, 3.63) is 35.9 Å². The van der Waals surface area contributed by atoms with Gasteiger partial charge < -0.3 is 17.0 Å². The zero-order valence-corrected chi connectivity index (χ0v) is 11.8. The van der Waals surface area contributed by atoms with Gasteiger partial charge in [-0.2, -0.15) is 0 Å². The van der Waals surface area contributed by atoms with Gasteiger partial charge in [0, 0.05) is 0 Å². The van der Waals surface area contributed by atoms with E-state index in [1.807, 2.05) is 30.3 Å². The van der Waals surface area contributed by atoms with Crippen molar-refractivity contribution in [3.8, 4) is 0 Å². The van der Waals surface area contributed by atoms with E-state index >= 15 is 0 Å². The lowest BCUT2D eigenvalue weighted by Crippen LogP contribution is -3.00. The van der Waals surface area contributed by atoms with Crippen LogP contribution in [0.1, 0.15) is 31.1 Å². The minimum atomic E-state index is 0. The van der Waals surface area contributed by atoms with Crippen molar-refractivity contribution in [2.24, 2.45) is 0 Å². The van der Waals surface area contributed by atoms with Crippen LogP contribution in [0.5, 0.6) is 0 Å². The molecule has 0 saturated heterocycles. The van der Waals surface area contributed by atoms with Crippen LogP contribution in [-0.2, 0) is 0 Å². The number of rotatable bonds is 4. The van der Waals surface area contributed by atoms with Gasteiger partial charge >= 0.3 is 5.91 Å². The number of quaternary nitrogens is 1. The van der Waals surface area contributed by atoms with E-state index in [1.54, 1.807) is 0 Å². The van der Waals surface area contributed by atoms with Crippen LogP contribution in [-0.4, -0.2) is 30.0 Å². The number of hydrogen-bond acceptors (Lipinski definition) is 1. The van der Waals surface area contributed by atoms with Crippen LogP contribution >= 0.6 is 0 Å². The third kappa shape index (κ3) is 2.92. The average molecular weight is 286 g/mol. The summed E-state index contributed by atoms with van der Waals surface area (Å²) in [6.07, 6.45) is 0. The second-order valence-electron chi connectivity index (χ2n) is 3.77. The first kappa shape index (κ1) is 15.3. The van der Waals surface area contributed by atoms with E-state index in [2.05, 4.69) is 20.8 Å². The molecular weight excluding hydrogens is 266 g/mol. The van der Waals surface area contributed by atoms with Crippen molar-refractivity contribution < 1.29 is 26.3 Å². The molecule has 3 heteroatoms. The van der Waals surface area contributed by atoms with Gasteiger partial charge in [-0.1, -0.05) is 18.2 Å². The Morgan fingerprint density at radius 3 is 1.81 bits per heavy atom. The van der Waals surface area contributed by atoms with Crippen molar-refractivity contribution in [1.82, 2.24) is 0 Å². The quantitative estimate of drug-likeness (QED) is 0.695. The topological polar surface area (TPSA) is 17.1 Å². The van der Waals surface area contributed by atoms with E-state index in [4.69, 9.17) is 0 Å². The maximum Gasteiger partial charge on any atom is 0.345 e. The van der Waals surface area contributed by atoms with E-state index in [1.165, 1.54) is 0 Å². The fourth-order valence-corrected chi connectivity index (χ4v) is 1.96. The molecule has 0 aliphatic rings. The molecule has 1 aromatic rings. The third-order valence-corrected chi connectivity index (χ3v) is 3.27. The first-order chi connectivity index (χ1) is 7.20. The maximum absolute atomic E-state index is 12.3. The van der Waals surface area contributed by atoms with Gasteiger partial charge in [0.05, 0.1) is 25.2 Å². The highest BCUT2D eigenvalue weighted by Gasteiger charge is 2.31. The Bertz CT molecular complexity index is 312. The second-order valence-corrected chi connectivity index (χ2v) is 3.77. The number of halogens is 1. The van der Waals surface area contributed by atoms with Crippen molar-refractivity contribution in [1.29, 1.82) is 0 Å². The number of carbonyl (C=O) groups excluding carboxylic acids is 1. The summed E-state index contributed by atoms with van der Waals surface area (Å²) < 4.78 is 0.546. The molecule has 0 radical (unpaired) electrons. The fourth-order valence-electron chi connectivity index (χ4n) is 1.96. The van der Waals surface area contributed by atoms with Gasteiger partial charge in [-0.05, 0) is 32.9 Å². The standard InChI is InChI=1S/C13H20NO.BrH/c1-4-14(5-2,6-3)13(15)12-10-8-7-9-11-12;/h7-11H,4-6H2,1-3H3;1H/q+1;/p-1. The van der Waals surface area contributed by atoms with E-state index in [-0.39, 0.29) is 22.9 Å². The van der Waals surface area contributed by atoms with Gasteiger partial charge in [0.15, 0.2) is 0 Å². The minimum absolute atomic E-state index is 0. The van der Waals surface area contributed by atoms with Gasteiger partial charge in [-0.15, -0.1) is 0 Å². The normalized spacial score (nSPS) is 10.7. The molecule has 0 heterocycles. The molecule has 2 nitrogen and oxygen atoms in total. The second kappa shape index (κ2) is 6.81. The largest absolute Gasteiger partial charge is 1.00 e. The molecule has 0 fully saturated rings. The highest BCUT2D eigenvalue weighted by atomic mass is 79.9. The van der Waals surface area contributed by atoms with E-state index < -0.39 is 0 Å². The molecule has 0 unspecified atom stereocenters. The SMILES string of the molecule is CC[N+](CC)(CC)C(=O)c1ccccc1.[Br-]. The first-order valence-corrected chi connectivity index (χ1v) is 5.66. The van der Waals surface area contributed by atoms with Crippen molar-refractivity contribution >= 4 is 5.91 Å². The summed E-state index contributed by atoms with van der Waals surface area (Å²) in [5.41, 5.74) is 0.822. The molecule has 0 aliphatic carbocycles. The highest BCUT2D eigenvalue weighted by molar-refractivity contribution is 5.88. The minimum Gasteiger partial charge on any atom is -1.00 e. The number of nitrogens with zero attached hydrogens (tertiary/aromatic N) is 1. The maximum atomic E-state index is 12.3. The van der Waals surface area contributed by atoms with E-state index in [0.29, 0.717) is 4.48 Å². The van der Waals surface area contributed by atoms with Crippen LogP contribution in [0.2, 0.25) is 0 Å². The van der Waals surface area contributed by atoms with Gasteiger partial charge in [0.2, 0.25) is 0 Å². The monoisotopic (exact) mass is 285 g/mol. The predicted octanol–water partition coefficient (Wildman–Crippen LogP) is -0.293. The Balaban J connectivity index is 0.00000225. The summed E-state index contributed by atoms with van der Waals surface area (Å²) in [6, 6.07) is 9.58. The Hall–Kier alpha value is -0.670. The summed E-state index contributed by atoms with van der Waals surface area (Å²) in [6.45, 7) is 8.82. The zero-order valence-electron chi connectivity index (χ0n) is 10.2. The number of hydrogen-bond donors (Lipinski definition) is 0. The molecule has 90 valence electrons. The lowest BCUT2D eigenvalue weighted by molar-refractivity contribution is -0.843. The van der Waals surface area contributed by atoms with Gasteiger partial charge in [0.1, 0.15) is 0 Å². The summed E-state index contributed by atoms with van der Waals surface area (Å²) in [4.78, 5) is 12.3. The molecular formula is C13H20BrNO. The average Bonchev–Trinajstić information content (AvgIpc) is 2.33. The molecule has 0 spiro atoms. The summed E-state index contributed by atoms with van der Waals surface area (Å²) in [7, 11) is 0. The molecule has 16 heavy (non-hydrogen) atoms.